The molecule has 1 atom stereocenters. The Hall–Kier alpha value is -1.96. The average molecular weight is 214 g/mol. The van der Waals surface area contributed by atoms with E-state index in [1.54, 1.807) is 18.2 Å². The van der Waals surface area contributed by atoms with Crippen LogP contribution in [0.3, 0.4) is 0 Å². The summed E-state index contributed by atoms with van der Waals surface area (Å²) in [5.74, 6) is 1.05. The summed E-state index contributed by atoms with van der Waals surface area (Å²) < 4.78 is 5.61. The molecule has 0 aliphatic carbocycles. The maximum Gasteiger partial charge on any atom is 0.120 e. The van der Waals surface area contributed by atoms with Gasteiger partial charge in [0, 0.05) is 0 Å². The Morgan fingerprint density at radius 3 is 2.69 bits per heavy atom. The Kier molecular flexibility index (Phi) is 2.82. The molecule has 2 nitrogen and oxygen atoms in total. The summed E-state index contributed by atoms with van der Waals surface area (Å²) in [4.78, 5) is 0. The molecule has 0 radical (unpaired) electrons. The van der Waals surface area contributed by atoms with Gasteiger partial charge in [-0.15, -0.1) is 0 Å². The van der Waals surface area contributed by atoms with Crippen LogP contribution in [0, 0.1) is 0 Å². The predicted molar refractivity (Wildman–Crippen MR) is 65.9 cm³/mol. The Labute approximate surface area is 94.8 Å². The quantitative estimate of drug-likeness (QED) is 0.792. The van der Waals surface area contributed by atoms with Crippen LogP contribution in [0.1, 0.15) is 6.92 Å². The monoisotopic (exact) mass is 214 g/mol. The standard InChI is InChI=1S/C14H14O2/c1-3-10(2)16-14-7-5-11-4-6-13(15)8-12(11)9-14/h3-10,15H,1H2,2H3. The molecule has 2 heteroatoms. The second-order valence-corrected chi connectivity index (χ2v) is 3.75. The number of phenolic OH excluding ortho intramolecular Hbond substituents is 1. The third kappa shape index (κ3) is 2.16. The van der Waals surface area contributed by atoms with Crippen molar-refractivity contribution in [3.05, 3.63) is 49.1 Å². The van der Waals surface area contributed by atoms with E-state index >= 15 is 0 Å². The molecule has 2 aromatic rings. The number of benzene rings is 2. The maximum absolute atomic E-state index is 9.39. The first-order chi connectivity index (χ1) is 7.69. The molecule has 0 amide bonds. The molecule has 0 aliphatic rings. The van der Waals surface area contributed by atoms with Gasteiger partial charge in [0.15, 0.2) is 0 Å². The van der Waals surface area contributed by atoms with Crippen LogP contribution in [0.4, 0.5) is 0 Å². The largest absolute Gasteiger partial charge is 0.508 e. The molecule has 82 valence electrons. The minimum absolute atomic E-state index is 0.0187. The molecule has 16 heavy (non-hydrogen) atoms. The molecular formula is C14H14O2. The highest BCUT2D eigenvalue weighted by Crippen LogP contribution is 2.24. The second-order valence-electron chi connectivity index (χ2n) is 3.75. The van der Waals surface area contributed by atoms with E-state index in [9.17, 15) is 5.11 Å². The summed E-state index contributed by atoms with van der Waals surface area (Å²) in [5.41, 5.74) is 0. The zero-order chi connectivity index (χ0) is 11.5. The number of fused-ring (bicyclic) bond motifs is 1. The van der Waals surface area contributed by atoms with Gasteiger partial charge in [0.05, 0.1) is 0 Å². The number of ether oxygens (including phenoxy) is 1. The predicted octanol–water partition coefficient (Wildman–Crippen LogP) is 3.50. The summed E-state index contributed by atoms with van der Waals surface area (Å²) in [6.07, 6.45) is 1.72. The van der Waals surface area contributed by atoms with E-state index in [1.807, 2.05) is 31.2 Å². The average Bonchev–Trinajstić information content (AvgIpc) is 2.28. The zero-order valence-electron chi connectivity index (χ0n) is 9.18. The van der Waals surface area contributed by atoms with E-state index in [2.05, 4.69) is 6.58 Å². The van der Waals surface area contributed by atoms with E-state index in [0.717, 1.165) is 16.5 Å². The smallest absolute Gasteiger partial charge is 0.120 e. The SMILES string of the molecule is C=CC(C)Oc1ccc2ccc(O)cc2c1. The number of hydrogen-bond acceptors (Lipinski definition) is 2. The summed E-state index contributed by atoms with van der Waals surface area (Å²) in [6, 6.07) is 11.1. The van der Waals surface area contributed by atoms with E-state index in [-0.39, 0.29) is 11.9 Å². The topological polar surface area (TPSA) is 29.5 Å². The van der Waals surface area contributed by atoms with Gasteiger partial charge in [-0.2, -0.15) is 0 Å². The van der Waals surface area contributed by atoms with Crippen molar-refractivity contribution in [3.63, 3.8) is 0 Å². The maximum atomic E-state index is 9.39. The number of hydrogen-bond donors (Lipinski definition) is 1. The lowest BCUT2D eigenvalue weighted by Gasteiger charge is -2.11. The Morgan fingerprint density at radius 1 is 1.19 bits per heavy atom. The zero-order valence-corrected chi connectivity index (χ0v) is 9.18. The summed E-state index contributed by atoms with van der Waals surface area (Å²) >= 11 is 0. The fourth-order valence-electron chi connectivity index (χ4n) is 1.55. The Bertz CT molecular complexity index is 517. The molecule has 0 aromatic heterocycles. The highest BCUT2D eigenvalue weighted by Gasteiger charge is 2.01. The van der Waals surface area contributed by atoms with Gasteiger partial charge in [-0.1, -0.05) is 24.8 Å². The van der Waals surface area contributed by atoms with Gasteiger partial charge < -0.3 is 9.84 Å². The van der Waals surface area contributed by atoms with Gasteiger partial charge in [-0.25, -0.2) is 0 Å². The minimum Gasteiger partial charge on any atom is -0.508 e. The number of rotatable bonds is 3. The van der Waals surface area contributed by atoms with E-state index in [1.165, 1.54) is 0 Å². The van der Waals surface area contributed by atoms with E-state index < -0.39 is 0 Å². The molecule has 1 unspecified atom stereocenters. The van der Waals surface area contributed by atoms with E-state index in [0.29, 0.717) is 0 Å². The van der Waals surface area contributed by atoms with Gasteiger partial charge >= 0.3 is 0 Å². The molecule has 1 N–H and O–H groups in total. The van der Waals surface area contributed by atoms with Gasteiger partial charge in [-0.05, 0) is 42.0 Å². The van der Waals surface area contributed by atoms with Crippen LogP contribution >= 0.6 is 0 Å². The highest BCUT2D eigenvalue weighted by molar-refractivity contribution is 5.85. The van der Waals surface area contributed by atoms with Crippen molar-refractivity contribution in [2.45, 2.75) is 13.0 Å². The van der Waals surface area contributed by atoms with Crippen LogP contribution < -0.4 is 4.74 Å². The van der Waals surface area contributed by atoms with Gasteiger partial charge in [0.1, 0.15) is 17.6 Å². The fourth-order valence-corrected chi connectivity index (χ4v) is 1.55. The van der Waals surface area contributed by atoms with Crippen LogP contribution in [0.25, 0.3) is 10.8 Å². The molecule has 0 bridgehead atoms. The lowest BCUT2D eigenvalue weighted by atomic mass is 10.1. The van der Waals surface area contributed by atoms with Crippen LogP contribution in [0.2, 0.25) is 0 Å². The third-order valence-electron chi connectivity index (χ3n) is 2.45. The first-order valence-corrected chi connectivity index (χ1v) is 5.21. The van der Waals surface area contributed by atoms with Gasteiger partial charge in [0.25, 0.3) is 0 Å². The van der Waals surface area contributed by atoms with Crippen molar-refractivity contribution in [3.8, 4) is 11.5 Å². The molecule has 2 aromatic carbocycles. The lowest BCUT2D eigenvalue weighted by Crippen LogP contribution is -2.06. The fraction of sp³-hybridized carbons (Fsp3) is 0.143. The third-order valence-corrected chi connectivity index (χ3v) is 2.45. The molecule has 0 spiro atoms. The van der Waals surface area contributed by atoms with Crippen molar-refractivity contribution >= 4 is 10.8 Å². The first kappa shape index (κ1) is 10.6. The van der Waals surface area contributed by atoms with Crippen molar-refractivity contribution in [2.75, 3.05) is 0 Å². The molecule has 0 aliphatic heterocycles. The summed E-state index contributed by atoms with van der Waals surface area (Å²) in [7, 11) is 0. The van der Waals surface area contributed by atoms with Crippen molar-refractivity contribution in [2.24, 2.45) is 0 Å². The molecule has 2 rings (SSSR count). The minimum atomic E-state index is -0.0187. The molecule has 0 heterocycles. The second kappa shape index (κ2) is 4.27. The number of phenols is 1. The number of aromatic hydroxyl groups is 1. The molecule has 0 saturated heterocycles. The van der Waals surface area contributed by atoms with Crippen molar-refractivity contribution in [1.82, 2.24) is 0 Å². The first-order valence-electron chi connectivity index (χ1n) is 5.21. The van der Waals surface area contributed by atoms with Crippen LogP contribution in [0.15, 0.2) is 49.1 Å². The summed E-state index contributed by atoms with van der Waals surface area (Å²) in [6.45, 7) is 5.60. The van der Waals surface area contributed by atoms with E-state index in [4.69, 9.17) is 4.74 Å². The lowest BCUT2D eigenvalue weighted by molar-refractivity contribution is 0.270. The highest BCUT2D eigenvalue weighted by atomic mass is 16.5. The molecule has 0 saturated carbocycles. The van der Waals surface area contributed by atoms with Crippen LogP contribution in [-0.4, -0.2) is 11.2 Å². The molecule has 0 fully saturated rings. The Morgan fingerprint density at radius 2 is 1.94 bits per heavy atom. The van der Waals surface area contributed by atoms with Crippen LogP contribution in [0.5, 0.6) is 11.5 Å². The van der Waals surface area contributed by atoms with Crippen molar-refractivity contribution in [1.29, 1.82) is 0 Å². The molecular weight excluding hydrogens is 200 g/mol. The normalized spacial score (nSPS) is 12.3. The van der Waals surface area contributed by atoms with Crippen molar-refractivity contribution < 1.29 is 9.84 Å². The Balaban J connectivity index is 2.38. The summed E-state index contributed by atoms with van der Waals surface area (Å²) in [5, 5.41) is 11.4. The van der Waals surface area contributed by atoms with Gasteiger partial charge in [0.2, 0.25) is 0 Å². The van der Waals surface area contributed by atoms with Crippen LogP contribution in [-0.2, 0) is 0 Å². The van der Waals surface area contributed by atoms with Gasteiger partial charge in [-0.3, -0.25) is 0 Å².